The minimum Gasteiger partial charge on any atom is -0.486 e. The quantitative estimate of drug-likeness (QED) is 0.851. The Morgan fingerprint density at radius 2 is 1.95 bits per heavy atom. The third-order valence-electron chi connectivity index (χ3n) is 3.07. The molecule has 5 nitrogen and oxygen atoms in total. The molecule has 0 amide bonds. The second-order valence-corrected chi connectivity index (χ2v) is 5.69. The van der Waals surface area contributed by atoms with Gasteiger partial charge >= 0.3 is 0 Å². The third-order valence-corrected chi connectivity index (χ3v) is 3.07. The molecule has 0 aliphatic heterocycles. The van der Waals surface area contributed by atoms with Crippen molar-refractivity contribution in [3.05, 3.63) is 42.0 Å². The SMILES string of the molecule is CC(C)NCc1ccc(OCc2ccn(C(C)C)n2)cn1. The van der Waals surface area contributed by atoms with Crippen LogP contribution < -0.4 is 10.1 Å². The second-order valence-electron chi connectivity index (χ2n) is 5.69. The normalized spacial score (nSPS) is 11.3. The van der Waals surface area contributed by atoms with Crippen LogP contribution in [0.3, 0.4) is 0 Å². The second kappa shape index (κ2) is 7.22. The molecule has 5 heteroatoms. The summed E-state index contributed by atoms with van der Waals surface area (Å²) in [6.45, 7) is 9.68. The lowest BCUT2D eigenvalue weighted by Gasteiger charge is -2.08. The van der Waals surface area contributed by atoms with Gasteiger partial charge in [0.2, 0.25) is 0 Å². The van der Waals surface area contributed by atoms with Gasteiger partial charge in [0.05, 0.1) is 17.6 Å². The average Bonchev–Trinajstić information content (AvgIpc) is 2.93. The lowest BCUT2D eigenvalue weighted by molar-refractivity contribution is 0.297. The number of hydrogen-bond acceptors (Lipinski definition) is 4. The fourth-order valence-corrected chi connectivity index (χ4v) is 1.81. The van der Waals surface area contributed by atoms with Crippen LogP contribution in [-0.2, 0) is 13.2 Å². The number of nitrogens with zero attached hydrogens (tertiary/aromatic N) is 3. The van der Waals surface area contributed by atoms with Gasteiger partial charge in [-0.15, -0.1) is 0 Å². The van der Waals surface area contributed by atoms with Crippen molar-refractivity contribution < 1.29 is 4.74 Å². The van der Waals surface area contributed by atoms with E-state index in [0.717, 1.165) is 23.7 Å². The number of pyridine rings is 1. The van der Waals surface area contributed by atoms with Crippen molar-refractivity contribution in [1.29, 1.82) is 0 Å². The molecule has 0 fully saturated rings. The van der Waals surface area contributed by atoms with Crippen molar-refractivity contribution >= 4 is 0 Å². The third kappa shape index (κ3) is 4.86. The first kappa shape index (κ1) is 15.5. The molecule has 114 valence electrons. The zero-order chi connectivity index (χ0) is 15.2. The van der Waals surface area contributed by atoms with E-state index in [1.165, 1.54) is 0 Å². The maximum absolute atomic E-state index is 5.71. The van der Waals surface area contributed by atoms with Gasteiger partial charge in [0.1, 0.15) is 12.4 Å². The predicted octanol–water partition coefficient (Wildman–Crippen LogP) is 2.94. The van der Waals surface area contributed by atoms with Gasteiger partial charge < -0.3 is 10.1 Å². The van der Waals surface area contributed by atoms with Crippen LogP contribution in [0.15, 0.2) is 30.6 Å². The molecular weight excluding hydrogens is 264 g/mol. The summed E-state index contributed by atoms with van der Waals surface area (Å²) < 4.78 is 7.64. The first-order chi connectivity index (χ1) is 10.0. The molecule has 0 spiro atoms. The smallest absolute Gasteiger partial charge is 0.138 e. The van der Waals surface area contributed by atoms with E-state index in [1.54, 1.807) is 6.20 Å². The van der Waals surface area contributed by atoms with Crippen LogP contribution in [0, 0.1) is 0 Å². The van der Waals surface area contributed by atoms with E-state index < -0.39 is 0 Å². The van der Waals surface area contributed by atoms with Gasteiger partial charge in [-0.2, -0.15) is 5.10 Å². The maximum atomic E-state index is 5.71. The topological polar surface area (TPSA) is 52.0 Å². The number of nitrogens with one attached hydrogen (secondary N) is 1. The Hall–Kier alpha value is -1.88. The van der Waals surface area contributed by atoms with E-state index in [9.17, 15) is 0 Å². The summed E-state index contributed by atoms with van der Waals surface area (Å²) in [4.78, 5) is 4.38. The molecule has 0 unspecified atom stereocenters. The molecule has 0 aliphatic carbocycles. The van der Waals surface area contributed by atoms with Crippen molar-refractivity contribution in [3.8, 4) is 5.75 Å². The van der Waals surface area contributed by atoms with Crippen molar-refractivity contribution in [2.24, 2.45) is 0 Å². The molecule has 2 heterocycles. The van der Waals surface area contributed by atoms with Crippen LogP contribution >= 0.6 is 0 Å². The molecule has 0 bridgehead atoms. The number of hydrogen-bond donors (Lipinski definition) is 1. The number of ether oxygens (including phenoxy) is 1. The Labute approximate surface area is 126 Å². The van der Waals surface area contributed by atoms with E-state index in [4.69, 9.17) is 4.74 Å². The molecule has 0 saturated carbocycles. The van der Waals surface area contributed by atoms with E-state index in [1.807, 2.05) is 29.1 Å². The van der Waals surface area contributed by atoms with Gasteiger partial charge in [-0.3, -0.25) is 9.67 Å². The molecule has 0 saturated heterocycles. The maximum Gasteiger partial charge on any atom is 0.138 e. The highest BCUT2D eigenvalue weighted by molar-refractivity contribution is 5.20. The zero-order valence-corrected chi connectivity index (χ0v) is 13.2. The van der Waals surface area contributed by atoms with Crippen molar-refractivity contribution in [2.45, 2.75) is 52.9 Å². The Morgan fingerprint density at radius 3 is 2.52 bits per heavy atom. The Kier molecular flexibility index (Phi) is 5.33. The Morgan fingerprint density at radius 1 is 1.14 bits per heavy atom. The van der Waals surface area contributed by atoms with Crippen molar-refractivity contribution in [3.63, 3.8) is 0 Å². The van der Waals surface area contributed by atoms with Crippen LogP contribution in [0.25, 0.3) is 0 Å². The van der Waals surface area contributed by atoms with Crippen LogP contribution in [0.2, 0.25) is 0 Å². The summed E-state index contributed by atoms with van der Waals surface area (Å²) in [5, 5.41) is 7.79. The van der Waals surface area contributed by atoms with Gasteiger partial charge in [0.15, 0.2) is 0 Å². The highest BCUT2D eigenvalue weighted by Crippen LogP contribution is 2.12. The molecular formula is C16H24N4O. The largest absolute Gasteiger partial charge is 0.486 e. The fourth-order valence-electron chi connectivity index (χ4n) is 1.81. The van der Waals surface area contributed by atoms with Crippen LogP contribution in [0.1, 0.15) is 45.1 Å². The summed E-state index contributed by atoms with van der Waals surface area (Å²) in [5.41, 5.74) is 1.94. The van der Waals surface area contributed by atoms with Gasteiger partial charge in [0.25, 0.3) is 0 Å². The van der Waals surface area contributed by atoms with E-state index in [0.29, 0.717) is 18.7 Å². The predicted molar refractivity (Wildman–Crippen MR) is 83.2 cm³/mol. The molecule has 2 aromatic rings. The van der Waals surface area contributed by atoms with E-state index >= 15 is 0 Å². The Bertz CT molecular complexity index is 546. The lowest BCUT2D eigenvalue weighted by Crippen LogP contribution is -2.22. The minimum absolute atomic E-state index is 0.369. The van der Waals surface area contributed by atoms with Crippen molar-refractivity contribution in [1.82, 2.24) is 20.1 Å². The number of rotatable bonds is 7. The van der Waals surface area contributed by atoms with Gasteiger partial charge in [-0.25, -0.2) is 0 Å². The molecule has 2 aromatic heterocycles. The summed E-state index contributed by atoms with van der Waals surface area (Å²) in [6.07, 6.45) is 3.74. The first-order valence-corrected chi connectivity index (χ1v) is 7.39. The van der Waals surface area contributed by atoms with Crippen LogP contribution in [0.5, 0.6) is 5.75 Å². The van der Waals surface area contributed by atoms with E-state index in [-0.39, 0.29) is 0 Å². The molecule has 0 radical (unpaired) electrons. The van der Waals surface area contributed by atoms with Crippen molar-refractivity contribution in [2.75, 3.05) is 0 Å². The zero-order valence-electron chi connectivity index (χ0n) is 13.2. The minimum atomic E-state index is 0.369. The van der Waals surface area contributed by atoms with Gasteiger partial charge in [-0.05, 0) is 32.0 Å². The molecule has 0 aliphatic rings. The summed E-state index contributed by atoms with van der Waals surface area (Å²) in [7, 11) is 0. The van der Waals surface area contributed by atoms with E-state index in [2.05, 4.69) is 43.1 Å². The summed E-state index contributed by atoms with van der Waals surface area (Å²) in [5.74, 6) is 0.766. The van der Waals surface area contributed by atoms with Crippen LogP contribution in [-0.4, -0.2) is 20.8 Å². The first-order valence-electron chi connectivity index (χ1n) is 7.39. The molecule has 0 atom stereocenters. The Balaban J connectivity index is 1.85. The molecule has 21 heavy (non-hydrogen) atoms. The molecule has 1 N–H and O–H groups in total. The van der Waals surface area contributed by atoms with Crippen LogP contribution in [0.4, 0.5) is 0 Å². The monoisotopic (exact) mass is 288 g/mol. The standard InChI is InChI=1S/C16H24N4O/c1-12(2)17-9-14-5-6-16(10-18-14)21-11-15-7-8-20(19-15)13(3)4/h5-8,10,12-13,17H,9,11H2,1-4H3. The van der Waals surface area contributed by atoms with Gasteiger partial charge in [0, 0.05) is 24.8 Å². The highest BCUT2D eigenvalue weighted by atomic mass is 16.5. The fraction of sp³-hybridized carbons (Fsp3) is 0.500. The highest BCUT2D eigenvalue weighted by Gasteiger charge is 2.03. The molecule has 0 aromatic carbocycles. The number of aromatic nitrogens is 3. The van der Waals surface area contributed by atoms with Gasteiger partial charge in [-0.1, -0.05) is 13.8 Å². The molecule has 2 rings (SSSR count). The lowest BCUT2D eigenvalue weighted by atomic mass is 10.3. The summed E-state index contributed by atoms with van der Waals surface area (Å²) in [6, 6.07) is 6.74. The average molecular weight is 288 g/mol. The summed E-state index contributed by atoms with van der Waals surface area (Å²) >= 11 is 0.